The predicted molar refractivity (Wildman–Crippen MR) is 57.1 cm³/mol. The molecular weight excluding hydrogens is 176 g/mol. The van der Waals surface area contributed by atoms with E-state index in [0.717, 1.165) is 18.8 Å². The molecule has 1 atom stereocenters. The van der Waals surface area contributed by atoms with Crippen LogP contribution in [0, 0.1) is 0 Å². The van der Waals surface area contributed by atoms with Gasteiger partial charge in [0.25, 0.3) is 0 Å². The molecule has 2 heterocycles. The Morgan fingerprint density at radius 2 is 2.29 bits per heavy atom. The van der Waals surface area contributed by atoms with Gasteiger partial charge in [-0.15, -0.1) is 0 Å². The molecule has 4 nitrogen and oxygen atoms in total. The minimum atomic E-state index is 0.549. The molecule has 2 rings (SSSR count). The van der Waals surface area contributed by atoms with Crippen LogP contribution in [0.4, 0.5) is 11.6 Å². The molecule has 0 spiro atoms. The average molecular weight is 192 g/mol. The summed E-state index contributed by atoms with van der Waals surface area (Å²) in [6.07, 6.45) is 6.96. The Bertz CT molecular complexity index is 313. The third-order valence-corrected chi connectivity index (χ3v) is 2.83. The van der Waals surface area contributed by atoms with Crippen LogP contribution in [0.25, 0.3) is 0 Å². The number of hydrogen-bond donors (Lipinski definition) is 1. The first-order valence-electron chi connectivity index (χ1n) is 5.16. The first kappa shape index (κ1) is 9.24. The molecule has 14 heavy (non-hydrogen) atoms. The largest absolute Gasteiger partial charge is 0.381 e. The van der Waals surface area contributed by atoms with Crippen LogP contribution >= 0.6 is 0 Å². The van der Waals surface area contributed by atoms with Gasteiger partial charge in [0.15, 0.2) is 11.6 Å². The highest BCUT2D eigenvalue weighted by Gasteiger charge is 2.25. The van der Waals surface area contributed by atoms with Crippen LogP contribution in [-0.2, 0) is 0 Å². The molecule has 76 valence electrons. The Balaban J connectivity index is 2.26. The Morgan fingerprint density at radius 1 is 1.50 bits per heavy atom. The van der Waals surface area contributed by atoms with E-state index < -0.39 is 0 Å². The van der Waals surface area contributed by atoms with Crippen molar-refractivity contribution < 1.29 is 0 Å². The second-order valence-corrected chi connectivity index (χ2v) is 3.66. The van der Waals surface area contributed by atoms with Crippen LogP contribution in [0.2, 0.25) is 0 Å². The second-order valence-electron chi connectivity index (χ2n) is 3.66. The highest BCUT2D eigenvalue weighted by molar-refractivity contribution is 5.58. The van der Waals surface area contributed by atoms with Gasteiger partial charge in [-0.1, -0.05) is 6.92 Å². The van der Waals surface area contributed by atoms with Gasteiger partial charge in [-0.2, -0.15) is 0 Å². The number of nitrogens with two attached hydrogens (primary N) is 1. The van der Waals surface area contributed by atoms with Crippen LogP contribution in [0.15, 0.2) is 12.4 Å². The molecule has 0 aromatic carbocycles. The number of rotatable bonds is 2. The maximum Gasteiger partial charge on any atom is 0.171 e. The van der Waals surface area contributed by atoms with Crippen LogP contribution < -0.4 is 10.6 Å². The lowest BCUT2D eigenvalue weighted by Crippen LogP contribution is -2.30. The summed E-state index contributed by atoms with van der Waals surface area (Å²) in [6, 6.07) is 0.592. The van der Waals surface area contributed by atoms with E-state index in [0.29, 0.717) is 11.9 Å². The standard InChI is InChI=1S/C10H16N4/c1-2-8-4-3-7-14(8)10-9(11)12-5-6-13-10/h5-6,8H,2-4,7H2,1H3,(H2,11,12). The third-order valence-electron chi connectivity index (χ3n) is 2.83. The Morgan fingerprint density at radius 3 is 3.00 bits per heavy atom. The number of nitrogens with zero attached hydrogens (tertiary/aromatic N) is 3. The van der Waals surface area contributed by atoms with Crippen molar-refractivity contribution in [1.82, 2.24) is 9.97 Å². The van der Waals surface area contributed by atoms with Crippen LogP contribution in [0.5, 0.6) is 0 Å². The van der Waals surface area contributed by atoms with Crippen LogP contribution in [0.1, 0.15) is 26.2 Å². The fourth-order valence-electron chi connectivity index (χ4n) is 2.10. The maximum absolute atomic E-state index is 5.80. The molecule has 1 fully saturated rings. The number of anilines is 2. The van der Waals surface area contributed by atoms with Crippen molar-refractivity contribution in [3.8, 4) is 0 Å². The van der Waals surface area contributed by atoms with Gasteiger partial charge in [-0.05, 0) is 19.3 Å². The zero-order valence-corrected chi connectivity index (χ0v) is 8.48. The van der Waals surface area contributed by atoms with Gasteiger partial charge in [0, 0.05) is 25.0 Å². The van der Waals surface area contributed by atoms with E-state index in [1.165, 1.54) is 12.8 Å². The highest BCUT2D eigenvalue weighted by atomic mass is 15.2. The maximum atomic E-state index is 5.80. The molecule has 0 radical (unpaired) electrons. The molecule has 1 saturated heterocycles. The minimum Gasteiger partial charge on any atom is -0.381 e. The molecule has 1 unspecified atom stereocenters. The number of hydrogen-bond acceptors (Lipinski definition) is 4. The van der Waals surface area contributed by atoms with Crippen molar-refractivity contribution in [2.24, 2.45) is 0 Å². The topological polar surface area (TPSA) is 55.0 Å². The van der Waals surface area contributed by atoms with E-state index in [4.69, 9.17) is 5.73 Å². The Kier molecular flexibility index (Phi) is 2.52. The van der Waals surface area contributed by atoms with E-state index >= 15 is 0 Å². The normalized spacial score (nSPS) is 21.5. The third kappa shape index (κ3) is 1.52. The van der Waals surface area contributed by atoms with Gasteiger partial charge in [0.1, 0.15) is 0 Å². The molecule has 1 aliphatic rings. The molecule has 0 bridgehead atoms. The lowest BCUT2D eigenvalue weighted by molar-refractivity contribution is 0.640. The van der Waals surface area contributed by atoms with Gasteiger partial charge in [-0.25, -0.2) is 9.97 Å². The first-order valence-corrected chi connectivity index (χ1v) is 5.16. The van der Waals surface area contributed by atoms with Crippen molar-refractivity contribution >= 4 is 11.6 Å². The van der Waals surface area contributed by atoms with Crippen LogP contribution in [0.3, 0.4) is 0 Å². The SMILES string of the molecule is CCC1CCCN1c1nccnc1N. The highest BCUT2D eigenvalue weighted by Crippen LogP contribution is 2.27. The van der Waals surface area contributed by atoms with E-state index in [9.17, 15) is 0 Å². The summed E-state index contributed by atoms with van der Waals surface area (Å²) in [6.45, 7) is 3.26. The summed E-state index contributed by atoms with van der Waals surface area (Å²) in [5, 5.41) is 0. The van der Waals surface area contributed by atoms with Gasteiger partial charge in [0.05, 0.1) is 0 Å². The lowest BCUT2D eigenvalue weighted by Gasteiger charge is -2.24. The molecule has 0 amide bonds. The number of aromatic nitrogens is 2. The Hall–Kier alpha value is -1.32. The van der Waals surface area contributed by atoms with Crippen molar-refractivity contribution in [2.45, 2.75) is 32.2 Å². The van der Waals surface area contributed by atoms with E-state index in [1.807, 2.05) is 0 Å². The molecule has 1 aliphatic heterocycles. The van der Waals surface area contributed by atoms with Gasteiger partial charge in [-0.3, -0.25) is 0 Å². The van der Waals surface area contributed by atoms with Crippen molar-refractivity contribution in [2.75, 3.05) is 17.2 Å². The second kappa shape index (κ2) is 3.82. The zero-order chi connectivity index (χ0) is 9.97. The predicted octanol–water partition coefficient (Wildman–Crippen LogP) is 1.44. The summed E-state index contributed by atoms with van der Waals surface area (Å²) in [4.78, 5) is 10.6. The summed E-state index contributed by atoms with van der Waals surface area (Å²) in [5.41, 5.74) is 5.80. The monoisotopic (exact) mass is 192 g/mol. The molecule has 4 heteroatoms. The van der Waals surface area contributed by atoms with Crippen LogP contribution in [-0.4, -0.2) is 22.6 Å². The minimum absolute atomic E-state index is 0.549. The summed E-state index contributed by atoms with van der Waals surface area (Å²) in [7, 11) is 0. The van der Waals surface area contributed by atoms with E-state index in [2.05, 4.69) is 21.8 Å². The fraction of sp³-hybridized carbons (Fsp3) is 0.600. The first-order chi connectivity index (χ1) is 6.83. The van der Waals surface area contributed by atoms with Crippen molar-refractivity contribution in [1.29, 1.82) is 0 Å². The molecule has 0 saturated carbocycles. The van der Waals surface area contributed by atoms with Gasteiger partial charge in [0.2, 0.25) is 0 Å². The molecule has 1 aromatic rings. The molecule has 2 N–H and O–H groups in total. The molecule has 1 aromatic heterocycles. The van der Waals surface area contributed by atoms with Crippen molar-refractivity contribution in [3.05, 3.63) is 12.4 Å². The Labute approximate surface area is 84.2 Å². The lowest BCUT2D eigenvalue weighted by atomic mass is 10.2. The quantitative estimate of drug-likeness (QED) is 0.770. The molecular formula is C10H16N4. The summed E-state index contributed by atoms with van der Waals surface area (Å²) < 4.78 is 0. The van der Waals surface area contributed by atoms with Gasteiger partial charge < -0.3 is 10.6 Å². The fourth-order valence-corrected chi connectivity index (χ4v) is 2.10. The summed E-state index contributed by atoms with van der Waals surface area (Å²) in [5.74, 6) is 1.41. The summed E-state index contributed by atoms with van der Waals surface area (Å²) >= 11 is 0. The smallest absolute Gasteiger partial charge is 0.171 e. The van der Waals surface area contributed by atoms with E-state index in [1.54, 1.807) is 12.4 Å². The van der Waals surface area contributed by atoms with Gasteiger partial charge >= 0.3 is 0 Å². The number of nitrogen functional groups attached to an aromatic ring is 1. The average Bonchev–Trinajstić information content (AvgIpc) is 2.66. The van der Waals surface area contributed by atoms with E-state index in [-0.39, 0.29) is 0 Å². The molecule has 0 aliphatic carbocycles. The van der Waals surface area contributed by atoms with Crippen molar-refractivity contribution in [3.63, 3.8) is 0 Å². The zero-order valence-electron chi connectivity index (χ0n) is 8.48.